The van der Waals surface area contributed by atoms with E-state index in [1.807, 2.05) is 0 Å². The molecule has 0 aliphatic carbocycles. The van der Waals surface area contributed by atoms with Gasteiger partial charge in [0.15, 0.2) is 12.4 Å². The van der Waals surface area contributed by atoms with Crippen LogP contribution in [-0.2, 0) is 14.2 Å². The average molecular weight is 505 g/mol. The van der Waals surface area contributed by atoms with Crippen LogP contribution >= 0.6 is 0 Å². The number of aliphatic hydroxyl groups is 1. The topological polar surface area (TPSA) is 123 Å². The zero-order chi connectivity index (χ0) is 26.2. The highest BCUT2D eigenvalue weighted by Gasteiger charge is 2.48. The molecule has 1 aliphatic rings. The molecule has 0 unspecified atom stereocenters. The van der Waals surface area contributed by atoms with Crippen molar-refractivity contribution in [1.29, 1.82) is 0 Å². The van der Waals surface area contributed by atoms with Gasteiger partial charge in [0.1, 0.15) is 18.2 Å². The number of rotatable bonds is 8. The Balaban J connectivity index is 1.55. The van der Waals surface area contributed by atoms with Crippen molar-refractivity contribution in [2.24, 2.45) is 0 Å². The van der Waals surface area contributed by atoms with Crippen molar-refractivity contribution >= 4 is 17.8 Å². The lowest BCUT2D eigenvalue weighted by molar-refractivity contribution is -0.248. The minimum atomic E-state index is -1.50. The van der Waals surface area contributed by atoms with Gasteiger partial charge in [0, 0.05) is 24.8 Å². The molecule has 3 N–H and O–H groups in total. The molecular formula is C28H28N2O7. The second-order valence-electron chi connectivity index (χ2n) is 8.44. The largest absolute Gasteiger partial charge is 0.453 e. The van der Waals surface area contributed by atoms with E-state index in [0.717, 1.165) is 0 Å². The maximum absolute atomic E-state index is 12.9. The van der Waals surface area contributed by atoms with Gasteiger partial charge in [-0.05, 0) is 36.4 Å². The van der Waals surface area contributed by atoms with Gasteiger partial charge in [0.05, 0.1) is 5.56 Å². The van der Waals surface area contributed by atoms with Crippen molar-refractivity contribution in [2.75, 3.05) is 13.7 Å². The Morgan fingerprint density at radius 1 is 0.784 bits per heavy atom. The minimum Gasteiger partial charge on any atom is -0.453 e. The van der Waals surface area contributed by atoms with Gasteiger partial charge in [-0.1, -0.05) is 54.6 Å². The third kappa shape index (κ3) is 6.39. The first-order valence-electron chi connectivity index (χ1n) is 11.8. The predicted octanol–water partition coefficient (Wildman–Crippen LogP) is 2.17. The predicted molar refractivity (Wildman–Crippen MR) is 134 cm³/mol. The Hall–Kier alpha value is -4.05. The summed E-state index contributed by atoms with van der Waals surface area (Å²) < 4.78 is 17.2. The summed E-state index contributed by atoms with van der Waals surface area (Å²) in [5.74, 6) is -1.46. The molecule has 3 aromatic carbocycles. The van der Waals surface area contributed by atoms with Gasteiger partial charge in [0.2, 0.25) is 0 Å². The number of carbonyl (C=O) groups is 3. The summed E-state index contributed by atoms with van der Waals surface area (Å²) >= 11 is 0. The molecule has 192 valence electrons. The molecule has 0 bridgehead atoms. The van der Waals surface area contributed by atoms with Crippen LogP contribution < -0.4 is 10.6 Å². The molecule has 2 amide bonds. The first-order valence-corrected chi connectivity index (χ1v) is 11.8. The van der Waals surface area contributed by atoms with Crippen molar-refractivity contribution in [3.63, 3.8) is 0 Å². The molecule has 3 aromatic rings. The van der Waals surface area contributed by atoms with E-state index in [4.69, 9.17) is 14.2 Å². The summed E-state index contributed by atoms with van der Waals surface area (Å²) in [6, 6.07) is 24.4. The molecule has 9 nitrogen and oxygen atoms in total. The van der Waals surface area contributed by atoms with E-state index in [1.165, 1.54) is 7.11 Å². The third-order valence-corrected chi connectivity index (χ3v) is 6.02. The summed E-state index contributed by atoms with van der Waals surface area (Å²) in [4.78, 5) is 38.4. The number of methoxy groups -OCH3 is 1. The van der Waals surface area contributed by atoms with Crippen molar-refractivity contribution in [2.45, 2.75) is 30.6 Å². The lowest BCUT2D eigenvalue weighted by atomic mass is 9.95. The number of aliphatic hydroxyl groups excluding tert-OH is 1. The fourth-order valence-corrected chi connectivity index (χ4v) is 4.14. The highest BCUT2D eigenvalue weighted by molar-refractivity contribution is 5.95. The molecule has 1 saturated heterocycles. The van der Waals surface area contributed by atoms with Crippen molar-refractivity contribution in [3.05, 3.63) is 108 Å². The molecule has 0 spiro atoms. The van der Waals surface area contributed by atoms with Crippen LogP contribution in [0.4, 0.5) is 0 Å². The SMILES string of the molecule is CO[C@@H]1[C@@H](NC(=O)c2ccccc2)[C@@H](O)O[C@@H](CNC(=O)c2ccccc2)[C@@H]1OC(=O)c1ccccc1. The van der Waals surface area contributed by atoms with Gasteiger partial charge in [0.25, 0.3) is 11.8 Å². The Morgan fingerprint density at radius 3 is 1.84 bits per heavy atom. The number of amides is 2. The molecule has 9 heteroatoms. The number of hydrogen-bond acceptors (Lipinski definition) is 7. The van der Waals surface area contributed by atoms with Gasteiger partial charge < -0.3 is 30.0 Å². The maximum Gasteiger partial charge on any atom is 0.338 e. The smallest absolute Gasteiger partial charge is 0.338 e. The lowest BCUT2D eigenvalue weighted by Crippen LogP contribution is -2.66. The van der Waals surface area contributed by atoms with Crippen molar-refractivity contribution < 1.29 is 33.7 Å². The Morgan fingerprint density at radius 2 is 1.30 bits per heavy atom. The van der Waals surface area contributed by atoms with E-state index in [1.54, 1.807) is 91.0 Å². The Kier molecular flexibility index (Phi) is 8.63. The summed E-state index contributed by atoms with van der Waals surface area (Å²) in [5.41, 5.74) is 1.12. The molecule has 37 heavy (non-hydrogen) atoms. The fourth-order valence-electron chi connectivity index (χ4n) is 4.14. The molecule has 5 atom stereocenters. The summed E-state index contributed by atoms with van der Waals surface area (Å²) in [6.45, 7) is -0.0866. The van der Waals surface area contributed by atoms with E-state index in [-0.39, 0.29) is 12.5 Å². The first kappa shape index (κ1) is 26.0. The minimum absolute atomic E-state index is 0.0866. The molecule has 1 fully saturated rings. The summed E-state index contributed by atoms with van der Waals surface area (Å²) in [5, 5.41) is 16.3. The normalized spacial score (nSPS) is 23.0. The number of nitrogens with one attached hydrogen (secondary N) is 2. The monoisotopic (exact) mass is 504 g/mol. The van der Waals surface area contributed by atoms with Crippen LogP contribution in [0.25, 0.3) is 0 Å². The van der Waals surface area contributed by atoms with Crippen LogP contribution in [0.5, 0.6) is 0 Å². The van der Waals surface area contributed by atoms with Crippen LogP contribution in [0.2, 0.25) is 0 Å². The molecule has 1 heterocycles. The standard InChI is InChI=1S/C28H28N2O7/c1-35-24-22(30-26(32)19-13-7-3-8-14-19)28(34)36-21(17-29-25(31)18-11-5-2-6-12-18)23(24)37-27(33)20-15-9-4-10-16-20/h2-16,21-24,28,34H,17H2,1H3,(H,29,31)(H,30,32)/t21-,22+,23-,24+,28-/m0/s1. The van der Waals surface area contributed by atoms with E-state index in [9.17, 15) is 19.5 Å². The van der Waals surface area contributed by atoms with Gasteiger partial charge >= 0.3 is 5.97 Å². The summed E-state index contributed by atoms with van der Waals surface area (Å²) in [7, 11) is 1.38. The van der Waals surface area contributed by atoms with Crippen LogP contribution in [0.3, 0.4) is 0 Å². The van der Waals surface area contributed by atoms with E-state index >= 15 is 0 Å². The van der Waals surface area contributed by atoms with E-state index in [0.29, 0.717) is 16.7 Å². The number of benzene rings is 3. The van der Waals surface area contributed by atoms with E-state index < -0.39 is 42.5 Å². The zero-order valence-electron chi connectivity index (χ0n) is 20.2. The number of carbonyl (C=O) groups excluding carboxylic acids is 3. The highest BCUT2D eigenvalue weighted by atomic mass is 16.6. The second kappa shape index (κ2) is 12.3. The van der Waals surface area contributed by atoms with Gasteiger partial charge in [-0.2, -0.15) is 0 Å². The Bertz CT molecular complexity index is 1190. The Labute approximate surface area is 214 Å². The molecule has 1 aliphatic heterocycles. The average Bonchev–Trinajstić information content (AvgIpc) is 2.95. The van der Waals surface area contributed by atoms with Gasteiger partial charge in [-0.25, -0.2) is 4.79 Å². The maximum atomic E-state index is 12.9. The summed E-state index contributed by atoms with van der Waals surface area (Å²) in [6.07, 6.45) is -4.52. The van der Waals surface area contributed by atoms with Crippen molar-refractivity contribution in [3.8, 4) is 0 Å². The van der Waals surface area contributed by atoms with Crippen LogP contribution in [0.15, 0.2) is 91.0 Å². The molecule has 0 aromatic heterocycles. The van der Waals surface area contributed by atoms with Crippen molar-refractivity contribution in [1.82, 2.24) is 10.6 Å². The molecule has 0 saturated carbocycles. The highest BCUT2D eigenvalue weighted by Crippen LogP contribution is 2.26. The molecular weight excluding hydrogens is 476 g/mol. The van der Waals surface area contributed by atoms with Gasteiger partial charge in [-0.15, -0.1) is 0 Å². The number of esters is 1. The number of ether oxygens (including phenoxy) is 3. The molecule has 4 rings (SSSR count). The first-order chi connectivity index (χ1) is 18.0. The van der Waals surface area contributed by atoms with Crippen LogP contribution in [-0.4, -0.2) is 67.2 Å². The fraction of sp³-hybridized carbons (Fsp3) is 0.250. The third-order valence-electron chi connectivity index (χ3n) is 6.02. The molecule has 0 radical (unpaired) electrons. The van der Waals surface area contributed by atoms with Crippen LogP contribution in [0.1, 0.15) is 31.1 Å². The number of hydrogen-bond donors (Lipinski definition) is 3. The van der Waals surface area contributed by atoms with Gasteiger partial charge in [-0.3, -0.25) is 9.59 Å². The quantitative estimate of drug-likeness (QED) is 0.402. The zero-order valence-corrected chi connectivity index (χ0v) is 20.2. The second-order valence-corrected chi connectivity index (χ2v) is 8.44. The lowest BCUT2D eigenvalue weighted by Gasteiger charge is -2.44. The van der Waals surface area contributed by atoms with E-state index in [2.05, 4.69) is 10.6 Å². The van der Waals surface area contributed by atoms with Crippen LogP contribution in [0, 0.1) is 0 Å².